The van der Waals surface area contributed by atoms with Crippen molar-refractivity contribution in [3.05, 3.63) is 502 Å². The van der Waals surface area contributed by atoms with Gasteiger partial charge in [0.15, 0.2) is 0 Å². The van der Waals surface area contributed by atoms with E-state index in [1.807, 2.05) is 256 Å². The molecule has 0 bridgehead atoms. The van der Waals surface area contributed by atoms with E-state index in [-0.39, 0.29) is 75.2 Å². The number of pyridine rings is 6. The van der Waals surface area contributed by atoms with Crippen LogP contribution in [0.2, 0.25) is 0 Å². The van der Waals surface area contributed by atoms with Crippen molar-refractivity contribution in [2.75, 3.05) is 39.6 Å². The summed E-state index contributed by atoms with van der Waals surface area (Å²) in [6, 6.07) is 120. The zero-order valence-electron chi connectivity index (χ0n) is 79.8. The van der Waals surface area contributed by atoms with Gasteiger partial charge in [0.1, 0.15) is 0 Å². The zero-order chi connectivity index (χ0) is 104. The number of ether oxygens (including phenoxy) is 6. The predicted molar refractivity (Wildman–Crippen MR) is 503 cm³/mol. The van der Waals surface area contributed by atoms with Crippen LogP contribution in [-0.4, -0.2) is 107 Å². The molecule has 0 unspecified atom stereocenters. The van der Waals surface area contributed by atoms with E-state index in [0.29, 0.717) is 79.3 Å². The molecule has 9 aromatic carbocycles. The first kappa shape index (κ1) is 122. The Morgan fingerprint density at radius 3 is 0.399 bits per heavy atom. The van der Waals surface area contributed by atoms with E-state index in [4.69, 9.17) is 133 Å². The molecular formula is C108H102Cl4N12O22Zn2. The molecule has 148 heavy (non-hydrogen) atoms. The standard InChI is InChI=1S/3C36H34N4O2.4ClHO4.2Zn/c3*1-3-11-31(12-4-1)35(39-23-33-15-7-9-21-37-33)27-41-25-29-17-19-30(20-18-29)26-42-28-36(32-13-5-2-6-14-32)40-24-34-16-8-10-22-38-34;4*2-1(3,4)5;;/h3*1-24,35-36H,25-28H2;4*(H,2,3,4,5);;/q;;;;;;;2*+2/p-4/t3*35-,36-;;;;;;/m000....../s1. The number of rotatable bonds is 42. The molecule has 0 aliphatic rings. The summed E-state index contributed by atoms with van der Waals surface area (Å²) < 4.78 is 173. The van der Waals surface area contributed by atoms with Crippen molar-refractivity contribution in [2.24, 2.45) is 30.0 Å². The average Bonchev–Trinajstić information content (AvgIpc) is 0.887. The third-order valence-corrected chi connectivity index (χ3v) is 19.9. The Hall–Kier alpha value is -12.6. The van der Waals surface area contributed by atoms with Crippen LogP contribution in [-0.2, 0) is 107 Å². The van der Waals surface area contributed by atoms with E-state index in [0.717, 1.165) is 101 Å². The summed E-state index contributed by atoms with van der Waals surface area (Å²) in [5.41, 5.74) is 18.2. The van der Waals surface area contributed by atoms with Crippen LogP contribution >= 0.6 is 0 Å². The van der Waals surface area contributed by atoms with Crippen LogP contribution < -0.4 is 74.5 Å². The molecule has 6 atom stereocenters. The molecule has 0 fully saturated rings. The SMILES string of the molecule is C(=N[C@@H](COCc1ccc(COC[C@H](N=Cc2ccccn2)c2ccccc2)cc1)c1ccccc1)c1ccccn1.C(=N[C@@H](COCc1ccc(COC[C@H](N=Cc2ccccn2)c2ccccc2)cc1)c1ccccc1)c1ccccn1.C(=N[C@@H](COCc1ccc(COC[C@H](N=Cc2ccccn2)c2ccccc2)cc1)c1ccccc1)c1ccccn1.[O-][Cl+3]([O-])([O-])[O-].[O-][Cl+3]([O-])([O-])[O-].[O-][Cl+3]([O-])([O-])[O-].[O-][Cl+3]([O-])([O-])[O-].[Zn+2].[Zn+2]. The average molecular weight is 2190 g/mol. The van der Waals surface area contributed by atoms with Crippen LogP contribution in [0.4, 0.5) is 0 Å². The monoisotopic (exact) mass is 2190 g/mol. The summed E-state index contributed by atoms with van der Waals surface area (Å²) in [6.45, 7) is 5.83. The first-order chi connectivity index (χ1) is 70.5. The molecule has 0 radical (unpaired) electrons. The molecule has 0 amide bonds. The molecule has 0 aliphatic carbocycles. The topological polar surface area (TPSA) is 576 Å². The van der Waals surface area contributed by atoms with Crippen molar-refractivity contribution < 1.29 is 183 Å². The normalized spacial score (nSPS) is 12.6. The molecule has 15 rings (SSSR count). The van der Waals surface area contributed by atoms with Gasteiger partial charge in [-0.15, -0.1) is 41.0 Å². The number of nitrogens with zero attached hydrogens (tertiary/aromatic N) is 12. The maximum Gasteiger partial charge on any atom is 2.00 e. The fraction of sp³-hybridized carbons (Fsp3) is 0.167. The minimum Gasteiger partial charge on any atom is -0.374 e. The van der Waals surface area contributed by atoms with E-state index in [1.165, 1.54) is 0 Å². The molecule has 40 heteroatoms. The number of halogens is 4. The van der Waals surface area contributed by atoms with Crippen molar-refractivity contribution in [3.63, 3.8) is 0 Å². The smallest absolute Gasteiger partial charge is 0.374 e. The second kappa shape index (κ2) is 69.6. The Kier molecular flexibility index (Phi) is 57.5. The summed E-state index contributed by atoms with van der Waals surface area (Å²) >= 11 is 0. The van der Waals surface area contributed by atoms with E-state index < -0.39 is 41.0 Å². The molecular weight excluding hydrogens is 2090 g/mol. The van der Waals surface area contributed by atoms with Gasteiger partial charge in [-0.2, -0.15) is 0 Å². The van der Waals surface area contributed by atoms with Gasteiger partial charge in [0.05, 0.1) is 150 Å². The van der Waals surface area contributed by atoms with Crippen LogP contribution in [0.15, 0.2) is 431 Å². The summed E-state index contributed by atoms with van der Waals surface area (Å²) in [6.07, 6.45) is 21.4. The van der Waals surface area contributed by atoms with E-state index in [1.54, 1.807) is 37.2 Å². The van der Waals surface area contributed by atoms with Gasteiger partial charge in [-0.3, -0.25) is 59.9 Å². The number of hydrogen-bond acceptors (Lipinski definition) is 34. The van der Waals surface area contributed by atoms with E-state index in [2.05, 4.69) is 175 Å². The fourth-order valence-electron chi connectivity index (χ4n) is 13.0. The molecule has 758 valence electrons. The Balaban J connectivity index is 0.000000272. The van der Waals surface area contributed by atoms with Crippen molar-refractivity contribution in [2.45, 2.75) is 75.9 Å². The van der Waals surface area contributed by atoms with E-state index in [9.17, 15) is 0 Å². The summed E-state index contributed by atoms with van der Waals surface area (Å²) in [5.74, 6) is 0. The van der Waals surface area contributed by atoms with Crippen LogP contribution in [0.5, 0.6) is 0 Å². The van der Waals surface area contributed by atoms with E-state index >= 15 is 0 Å². The van der Waals surface area contributed by atoms with Gasteiger partial charge in [-0.25, -0.2) is 74.5 Å². The first-order valence-electron chi connectivity index (χ1n) is 44.6. The first-order valence-corrected chi connectivity index (χ1v) is 49.6. The van der Waals surface area contributed by atoms with Gasteiger partial charge in [0.25, 0.3) is 0 Å². The maximum absolute atomic E-state index is 8.49. The van der Waals surface area contributed by atoms with Gasteiger partial charge in [0.2, 0.25) is 0 Å². The fourth-order valence-corrected chi connectivity index (χ4v) is 13.0. The number of benzene rings is 9. The van der Waals surface area contributed by atoms with Gasteiger partial charge >= 0.3 is 39.0 Å². The van der Waals surface area contributed by atoms with Crippen molar-refractivity contribution in [1.82, 2.24) is 29.9 Å². The van der Waals surface area contributed by atoms with Gasteiger partial charge in [-0.05, 0) is 140 Å². The Bertz CT molecular complexity index is 5210. The van der Waals surface area contributed by atoms with Crippen molar-refractivity contribution in [1.29, 1.82) is 0 Å². The summed E-state index contributed by atoms with van der Waals surface area (Å²) in [5, 5.41) is 0. The second-order valence-corrected chi connectivity index (χ2v) is 33.8. The van der Waals surface area contributed by atoms with Crippen LogP contribution in [0.3, 0.4) is 0 Å². The Morgan fingerprint density at radius 1 is 0.176 bits per heavy atom. The van der Waals surface area contributed by atoms with Gasteiger partial charge in [-0.1, -0.05) is 291 Å². The quantitative estimate of drug-likeness (QED) is 0.0392. The molecule has 0 aliphatic heterocycles. The maximum atomic E-state index is 8.49. The molecule has 6 aromatic heterocycles. The molecule has 0 spiro atoms. The number of aromatic nitrogens is 6. The molecule has 15 aromatic rings. The Labute approximate surface area is 891 Å². The predicted octanol–water partition coefficient (Wildman–Crippen LogP) is 2.66. The molecule has 0 saturated carbocycles. The number of aliphatic imine (C=N–C) groups is 6. The molecule has 34 nitrogen and oxygen atoms in total. The third-order valence-electron chi connectivity index (χ3n) is 19.9. The Morgan fingerprint density at radius 2 is 0.291 bits per heavy atom. The zero-order valence-corrected chi connectivity index (χ0v) is 88.8. The summed E-state index contributed by atoms with van der Waals surface area (Å²) in [4.78, 5) is 54.6. The van der Waals surface area contributed by atoms with Crippen molar-refractivity contribution in [3.8, 4) is 0 Å². The van der Waals surface area contributed by atoms with Crippen LogP contribution in [0, 0.1) is 41.0 Å². The molecule has 0 saturated heterocycles. The third kappa shape index (κ3) is 56.5. The van der Waals surface area contributed by atoms with Crippen LogP contribution in [0.1, 0.15) is 137 Å². The summed E-state index contributed by atoms with van der Waals surface area (Å²) in [7, 11) is -19.8. The van der Waals surface area contributed by atoms with Gasteiger partial charge < -0.3 is 28.4 Å². The van der Waals surface area contributed by atoms with Crippen molar-refractivity contribution >= 4 is 37.3 Å². The number of hydrogen-bond donors (Lipinski definition) is 0. The minimum atomic E-state index is -4.94. The minimum absolute atomic E-state index is 0. The van der Waals surface area contributed by atoms with Gasteiger partial charge in [0, 0.05) is 74.5 Å². The molecule has 6 heterocycles. The molecule has 0 N–H and O–H groups in total. The van der Waals surface area contributed by atoms with Crippen LogP contribution in [0.25, 0.3) is 0 Å². The largest absolute Gasteiger partial charge is 2.00 e. The second-order valence-electron chi connectivity index (χ2n) is 30.8.